The van der Waals surface area contributed by atoms with Gasteiger partial charge in [0.15, 0.2) is 0 Å². The van der Waals surface area contributed by atoms with Crippen molar-refractivity contribution in [1.82, 2.24) is 19.1 Å². The van der Waals surface area contributed by atoms with E-state index in [0.29, 0.717) is 0 Å². The number of aromatic nitrogens is 4. The molecule has 4 heterocycles. The molecule has 4 nitrogen and oxygen atoms in total. The topological polar surface area (TPSA) is 35.6 Å². The van der Waals surface area contributed by atoms with E-state index >= 15 is 0 Å². The molecule has 156 valence electrons. The predicted octanol–water partition coefficient (Wildman–Crippen LogP) is 7.43. The Balaban J connectivity index is 1.58. The van der Waals surface area contributed by atoms with Crippen LogP contribution in [0.15, 0.2) is 108 Å². The van der Waals surface area contributed by atoms with Crippen molar-refractivity contribution in [3.8, 4) is 11.4 Å². The summed E-state index contributed by atoms with van der Waals surface area (Å²) in [6.07, 6.45) is 7.62. The Labute approximate surface area is 197 Å². The average Bonchev–Trinajstić information content (AvgIpc) is 3.37. The normalized spacial score (nSPS) is 11.8. The van der Waals surface area contributed by atoms with Crippen molar-refractivity contribution in [1.29, 1.82) is 0 Å². The highest BCUT2D eigenvalue weighted by molar-refractivity contribution is 9.10. The van der Waals surface area contributed by atoms with Crippen molar-refractivity contribution in [2.75, 3.05) is 0 Å². The molecule has 0 aliphatic carbocycles. The van der Waals surface area contributed by atoms with Crippen LogP contribution in [0, 0.1) is 0 Å². The molecule has 0 radical (unpaired) electrons. The lowest BCUT2D eigenvalue weighted by Gasteiger charge is -2.13. The summed E-state index contributed by atoms with van der Waals surface area (Å²) in [5.41, 5.74) is 6.80. The molecule has 0 bridgehead atoms. The van der Waals surface area contributed by atoms with E-state index in [4.69, 9.17) is 0 Å². The quantitative estimate of drug-likeness (QED) is 0.253. The third-order valence-electron chi connectivity index (χ3n) is 6.33. The van der Waals surface area contributed by atoms with Crippen LogP contribution in [0.5, 0.6) is 0 Å². The zero-order chi connectivity index (χ0) is 21.9. The first-order chi connectivity index (χ1) is 16.3. The van der Waals surface area contributed by atoms with E-state index in [1.807, 2.05) is 24.8 Å². The number of halogens is 1. The van der Waals surface area contributed by atoms with Gasteiger partial charge in [0.2, 0.25) is 0 Å². The van der Waals surface area contributed by atoms with Gasteiger partial charge >= 0.3 is 0 Å². The van der Waals surface area contributed by atoms with E-state index in [1.165, 1.54) is 10.8 Å². The lowest BCUT2D eigenvalue weighted by molar-refractivity contribution is 1.13. The number of rotatable bonds is 2. The molecule has 3 aromatic carbocycles. The molecule has 0 N–H and O–H groups in total. The number of hydrogen-bond donors (Lipinski definition) is 0. The number of hydrogen-bond acceptors (Lipinski definition) is 2. The van der Waals surface area contributed by atoms with Crippen LogP contribution in [0.1, 0.15) is 0 Å². The van der Waals surface area contributed by atoms with E-state index in [1.54, 1.807) is 0 Å². The molecule has 0 spiro atoms. The Kier molecular flexibility index (Phi) is 3.96. The Morgan fingerprint density at radius 1 is 0.515 bits per heavy atom. The molecule has 0 fully saturated rings. The molecule has 0 atom stereocenters. The Hall–Kier alpha value is -3.96. The highest BCUT2D eigenvalue weighted by Crippen LogP contribution is 2.36. The molecule has 5 heteroatoms. The third kappa shape index (κ3) is 2.69. The molecule has 7 aromatic rings. The molecule has 4 aromatic heterocycles. The van der Waals surface area contributed by atoms with Crippen LogP contribution in [0.4, 0.5) is 0 Å². The summed E-state index contributed by atoms with van der Waals surface area (Å²) in [6, 6.07) is 27.8. The summed E-state index contributed by atoms with van der Waals surface area (Å²) >= 11 is 3.79. The van der Waals surface area contributed by atoms with Gasteiger partial charge in [-0.05, 0) is 42.5 Å². The second-order valence-electron chi connectivity index (χ2n) is 8.16. The fourth-order valence-electron chi connectivity index (χ4n) is 5.01. The summed E-state index contributed by atoms with van der Waals surface area (Å²) < 4.78 is 5.65. The number of nitrogens with zero attached hydrogens (tertiary/aromatic N) is 4. The number of fused-ring (bicyclic) bond motifs is 6. The zero-order valence-electron chi connectivity index (χ0n) is 17.5. The summed E-state index contributed by atoms with van der Waals surface area (Å²) in [5.74, 6) is 0. The molecule has 0 saturated heterocycles. The summed E-state index contributed by atoms with van der Waals surface area (Å²) in [4.78, 5) is 8.76. The van der Waals surface area contributed by atoms with Crippen LogP contribution in [-0.2, 0) is 0 Å². The van der Waals surface area contributed by atoms with E-state index in [-0.39, 0.29) is 0 Å². The van der Waals surface area contributed by atoms with Crippen LogP contribution < -0.4 is 0 Å². The maximum Gasteiger partial charge on any atom is 0.0571 e. The standard InChI is InChI=1S/C28H17BrN4/c29-18-13-19(32-25-7-3-1-5-21(25)23-16-30-11-9-27(23)32)15-20(14-18)33-26-8-4-2-6-22(26)24-17-31-12-10-28(24)33/h1-17H. The average molecular weight is 489 g/mol. The molecular formula is C28H17BrN4. The van der Waals surface area contributed by atoms with Crippen molar-refractivity contribution in [3.05, 3.63) is 108 Å². The van der Waals surface area contributed by atoms with Gasteiger partial charge in [0.1, 0.15) is 0 Å². The highest BCUT2D eigenvalue weighted by Gasteiger charge is 2.16. The lowest BCUT2D eigenvalue weighted by Crippen LogP contribution is -1.99. The minimum Gasteiger partial charge on any atom is -0.309 e. The van der Waals surface area contributed by atoms with E-state index in [0.717, 1.165) is 48.7 Å². The van der Waals surface area contributed by atoms with Crippen LogP contribution in [0.3, 0.4) is 0 Å². The first-order valence-electron chi connectivity index (χ1n) is 10.8. The lowest BCUT2D eigenvalue weighted by atomic mass is 10.2. The number of benzene rings is 3. The van der Waals surface area contributed by atoms with Gasteiger partial charge in [-0.3, -0.25) is 9.97 Å². The van der Waals surface area contributed by atoms with Gasteiger partial charge in [0, 0.05) is 62.2 Å². The van der Waals surface area contributed by atoms with E-state index in [2.05, 4.69) is 114 Å². The molecule has 0 unspecified atom stereocenters. The first kappa shape index (κ1) is 18.6. The summed E-state index contributed by atoms with van der Waals surface area (Å²) in [5, 5.41) is 4.70. The Bertz CT molecular complexity index is 1610. The minimum atomic E-state index is 1.02. The van der Waals surface area contributed by atoms with Gasteiger partial charge in [-0.1, -0.05) is 52.3 Å². The fourth-order valence-corrected chi connectivity index (χ4v) is 5.47. The van der Waals surface area contributed by atoms with Crippen LogP contribution in [0.2, 0.25) is 0 Å². The van der Waals surface area contributed by atoms with Crippen molar-refractivity contribution in [3.63, 3.8) is 0 Å². The number of pyridine rings is 2. The molecule has 0 aliphatic rings. The van der Waals surface area contributed by atoms with Crippen LogP contribution in [0.25, 0.3) is 55.0 Å². The summed E-state index contributed by atoms with van der Waals surface area (Å²) in [6.45, 7) is 0. The Morgan fingerprint density at radius 3 is 1.48 bits per heavy atom. The molecule has 0 amide bonds. The second kappa shape index (κ2) is 7.02. The molecular weight excluding hydrogens is 472 g/mol. The van der Waals surface area contributed by atoms with Gasteiger partial charge in [-0.15, -0.1) is 0 Å². The smallest absolute Gasteiger partial charge is 0.0571 e. The third-order valence-corrected chi connectivity index (χ3v) is 6.79. The summed E-state index contributed by atoms with van der Waals surface area (Å²) in [7, 11) is 0. The van der Waals surface area contributed by atoms with Crippen molar-refractivity contribution < 1.29 is 0 Å². The first-order valence-corrected chi connectivity index (χ1v) is 11.6. The van der Waals surface area contributed by atoms with Gasteiger partial charge in [-0.2, -0.15) is 0 Å². The minimum absolute atomic E-state index is 1.02. The largest absolute Gasteiger partial charge is 0.309 e. The molecule has 0 saturated carbocycles. The van der Waals surface area contributed by atoms with Gasteiger partial charge in [0.25, 0.3) is 0 Å². The van der Waals surface area contributed by atoms with Crippen molar-refractivity contribution >= 4 is 59.5 Å². The predicted molar refractivity (Wildman–Crippen MR) is 138 cm³/mol. The monoisotopic (exact) mass is 488 g/mol. The maximum absolute atomic E-state index is 4.38. The molecule has 33 heavy (non-hydrogen) atoms. The highest BCUT2D eigenvalue weighted by atomic mass is 79.9. The van der Waals surface area contributed by atoms with Gasteiger partial charge in [0.05, 0.1) is 22.1 Å². The van der Waals surface area contributed by atoms with Crippen molar-refractivity contribution in [2.24, 2.45) is 0 Å². The van der Waals surface area contributed by atoms with Gasteiger partial charge < -0.3 is 9.13 Å². The van der Waals surface area contributed by atoms with Gasteiger partial charge in [-0.25, -0.2) is 0 Å². The van der Waals surface area contributed by atoms with Crippen LogP contribution >= 0.6 is 15.9 Å². The second-order valence-corrected chi connectivity index (χ2v) is 9.07. The molecule has 7 rings (SSSR count). The zero-order valence-corrected chi connectivity index (χ0v) is 19.1. The van der Waals surface area contributed by atoms with Crippen LogP contribution in [-0.4, -0.2) is 19.1 Å². The Morgan fingerprint density at radius 2 is 0.970 bits per heavy atom. The van der Waals surface area contributed by atoms with E-state index < -0.39 is 0 Å². The molecule has 0 aliphatic heterocycles. The van der Waals surface area contributed by atoms with Crippen molar-refractivity contribution in [2.45, 2.75) is 0 Å². The number of para-hydroxylation sites is 2. The van der Waals surface area contributed by atoms with E-state index in [9.17, 15) is 0 Å². The SMILES string of the molecule is Brc1cc(-n2c3ccccc3c3cnccc32)cc(-n2c3ccccc3c3cnccc32)c1. The fraction of sp³-hybridized carbons (Fsp3) is 0. The maximum atomic E-state index is 4.38.